The zero-order valence-electron chi connectivity index (χ0n) is 14.8. The number of carbonyl (C=O) groups is 3. The van der Waals surface area contributed by atoms with Crippen LogP contribution < -0.4 is 10.6 Å². The molecule has 3 saturated heterocycles. The van der Waals surface area contributed by atoms with Gasteiger partial charge in [0.1, 0.15) is 5.54 Å². The van der Waals surface area contributed by atoms with Gasteiger partial charge in [-0.15, -0.1) is 0 Å². The molecule has 0 aliphatic carbocycles. The second-order valence-corrected chi connectivity index (χ2v) is 7.93. The standard InChI is InChI=1S/C17H28N4O3/c1-11-7-12(2)9-21(8-11)14(22)13(3)20-6-4-5-17(10-20)15(23)18-16(24)19-17/h11-13H,4-10H2,1-3H3,(H2,18,19,23,24)/t11-,12+,13-,17+/m1/s1. The van der Waals surface area contributed by atoms with E-state index in [4.69, 9.17) is 0 Å². The molecule has 3 aliphatic rings. The van der Waals surface area contributed by atoms with Crippen molar-refractivity contribution in [3.05, 3.63) is 0 Å². The minimum absolute atomic E-state index is 0.134. The van der Waals surface area contributed by atoms with Gasteiger partial charge >= 0.3 is 6.03 Å². The molecule has 0 bridgehead atoms. The van der Waals surface area contributed by atoms with E-state index in [1.165, 1.54) is 0 Å². The van der Waals surface area contributed by atoms with Crippen molar-refractivity contribution < 1.29 is 14.4 Å². The highest BCUT2D eigenvalue weighted by molar-refractivity contribution is 6.07. The molecule has 0 aromatic heterocycles. The Labute approximate surface area is 143 Å². The lowest BCUT2D eigenvalue weighted by Gasteiger charge is -2.43. The van der Waals surface area contributed by atoms with Gasteiger partial charge in [0.15, 0.2) is 0 Å². The predicted octanol–water partition coefficient (Wildman–Crippen LogP) is 0.553. The number of nitrogens with one attached hydrogen (secondary N) is 2. The molecule has 1 spiro atoms. The van der Waals surface area contributed by atoms with Gasteiger partial charge in [0.05, 0.1) is 6.04 Å². The van der Waals surface area contributed by atoms with Crippen molar-refractivity contribution in [3.63, 3.8) is 0 Å². The summed E-state index contributed by atoms with van der Waals surface area (Å²) in [7, 11) is 0. The van der Waals surface area contributed by atoms with Crippen LogP contribution in [0.25, 0.3) is 0 Å². The van der Waals surface area contributed by atoms with Crippen molar-refractivity contribution in [2.75, 3.05) is 26.2 Å². The van der Waals surface area contributed by atoms with Crippen molar-refractivity contribution in [2.24, 2.45) is 11.8 Å². The van der Waals surface area contributed by atoms with Gasteiger partial charge in [-0.05, 0) is 44.6 Å². The molecule has 0 aromatic rings. The lowest BCUT2D eigenvalue weighted by atomic mass is 9.88. The van der Waals surface area contributed by atoms with E-state index in [9.17, 15) is 14.4 Å². The number of imide groups is 1. The molecule has 3 rings (SSSR count). The third-order valence-electron chi connectivity index (χ3n) is 5.62. The number of carbonyl (C=O) groups excluding carboxylic acids is 3. The molecule has 0 radical (unpaired) electrons. The largest absolute Gasteiger partial charge is 0.341 e. The van der Waals surface area contributed by atoms with Crippen LogP contribution in [0, 0.1) is 11.8 Å². The highest BCUT2D eigenvalue weighted by Gasteiger charge is 2.50. The molecule has 0 unspecified atom stereocenters. The summed E-state index contributed by atoms with van der Waals surface area (Å²) >= 11 is 0. The molecule has 24 heavy (non-hydrogen) atoms. The van der Waals surface area contributed by atoms with Gasteiger partial charge in [-0.25, -0.2) is 4.79 Å². The van der Waals surface area contributed by atoms with Crippen LogP contribution >= 0.6 is 0 Å². The van der Waals surface area contributed by atoms with Crippen LogP contribution in [0.2, 0.25) is 0 Å². The number of urea groups is 1. The van der Waals surface area contributed by atoms with Gasteiger partial charge < -0.3 is 10.2 Å². The van der Waals surface area contributed by atoms with Crippen molar-refractivity contribution in [2.45, 2.75) is 51.6 Å². The van der Waals surface area contributed by atoms with Crippen molar-refractivity contribution in [3.8, 4) is 0 Å². The van der Waals surface area contributed by atoms with E-state index in [0.717, 1.165) is 32.5 Å². The van der Waals surface area contributed by atoms with Gasteiger partial charge in [-0.3, -0.25) is 19.8 Å². The van der Waals surface area contributed by atoms with Crippen LogP contribution in [-0.2, 0) is 9.59 Å². The van der Waals surface area contributed by atoms with E-state index in [-0.39, 0.29) is 17.9 Å². The lowest BCUT2D eigenvalue weighted by molar-refractivity contribution is -0.141. The Morgan fingerprint density at radius 2 is 1.92 bits per heavy atom. The molecule has 7 heteroatoms. The molecule has 3 fully saturated rings. The molecule has 7 nitrogen and oxygen atoms in total. The molecule has 3 heterocycles. The third-order valence-corrected chi connectivity index (χ3v) is 5.62. The third kappa shape index (κ3) is 3.14. The van der Waals surface area contributed by atoms with Gasteiger partial charge in [-0.2, -0.15) is 0 Å². The van der Waals surface area contributed by atoms with Crippen molar-refractivity contribution >= 4 is 17.8 Å². The second kappa shape index (κ2) is 6.35. The molecule has 4 amide bonds. The minimum Gasteiger partial charge on any atom is -0.341 e. The van der Waals surface area contributed by atoms with Crippen LogP contribution in [0.5, 0.6) is 0 Å². The normalized spacial score (nSPS) is 35.7. The zero-order chi connectivity index (χ0) is 17.5. The second-order valence-electron chi connectivity index (χ2n) is 7.93. The fourth-order valence-electron chi connectivity index (χ4n) is 4.50. The first kappa shape index (κ1) is 17.2. The molecule has 134 valence electrons. The maximum atomic E-state index is 12.9. The van der Waals surface area contributed by atoms with Crippen LogP contribution in [-0.4, -0.2) is 65.4 Å². The summed E-state index contributed by atoms with van der Waals surface area (Å²) in [6.45, 7) is 9.09. The summed E-state index contributed by atoms with van der Waals surface area (Å²) in [5.41, 5.74) is -0.869. The Balaban J connectivity index is 1.68. The fourth-order valence-corrected chi connectivity index (χ4v) is 4.50. The molecule has 0 saturated carbocycles. The van der Waals surface area contributed by atoms with Gasteiger partial charge in [0.25, 0.3) is 5.91 Å². The first-order valence-electron chi connectivity index (χ1n) is 8.97. The molecular weight excluding hydrogens is 308 g/mol. The van der Waals surface area contributed by atoms with Crippen LogP contribution in [0.4, 0.5) is 4.79 Å². The number of hydrogen-bond acceptors (Lipinski definition) is 4. The van der Waals surface area contributed by atoms with E-state index in [2.05, 4.69) is 24.5 Å². The van der Waals surface area contributed by atoms with E-state index in [0.29, 0.717) is 24.8 Å². The van der Waals surface area contributed by atoms with E-state index >= 15 is 0 Å². The Kier molecular flexibility index (Phi) is 4.55. The van der Waals surface area contributed by atoms with E-state index in [1.54, 1.807) is 0 Å². The van der Waals surface area contributed by atoms with Gasteiger partial charge in [0.2, 0.25) is 5.91 Å². The number of rotatable bonds is 2. The Morgan fingerprint density at radius 1 is 1.25 bits per heavy atom. The molecule has 4 atom stereocenters. The summed E-state index contributed by atoms with van der Waals surface area (Å²) in [4.78, 5) is 40.6. The zero-order valence-corrected chi connectivity index (χ0v) is 14.8. The highest BCUT2D eigenvalue weighted by Crippen LogP contribution is 2.27. The van der Waals surface area contributed by atoms with E-state index < -0.39 is 11.6 Å². The first-order valence-corrected chi connectivity index (χ1v) is 8.97. The first-order chi connectivity index (χ1) is 11.3. The minimum atomic E-state index is -0.869. The maximum absolute atomic E-state index is 12.9. The van der Waals surface area contributed by atoms with Crippen LogP contribution in [0.3, 0.4) is 0 Å². The quantitative estimate of drug-likeness (QED) is 0.722. The Hall–Kier alpha value is -1.63. The smallest absolute Gasteiger partial charge is 0.322 e. The average molecular weight is 336 g/mol. The maximum Gasteiger partial charge on any atom is 0.322 e. The molecule has 0 aromatic carbocycles. The molecular formula is C17H28N4O3. The number of hydrogen-bond donors (Lipinski definition) is 2. The summed E-state index contributed by atoms with van der Waals surface area (Å²) in [5.74, 6) is 0.919. The number of likely N-dealkylation sites (tertiary alicyclic amines) is 2. The monoisotopic (exact) mass is 336 g/mol. The number of piperidine rings is 2. The summed E-state index contributed by atoms with van der Waals surface area (Å²) in [6, 6.07) is -0.704. The van der Waals surface area contributed by atoms with Crippen molar-refractivity contribution in [1.82, 2.24) is 20.4 Å². The van der Waals surface area contributed by atoms with Crippen molar-refractivity contribution in [1.29, 1.82) is 0 Å². The van der Waals surface area contributed by atoms with Crippen LogP contribution in [0.1, 0.15) is 40.0 Å². The van der Waals surface area contributed by atoms with Crippen LogP contribution in [0.15, 0.2) is 0 Å². The summed E-state index contributed by atoms with van der Waals surface area (Å²) < 4.78 is 0. The summed E-state index contributed by atoms with van der Waals surface area (Å²) in [5, 5.41) is 5.10. The number of amides is 4. The summed E-state index contributed by atoms with van der Waals surface area (Å²) in [6.07, 6.45) is 2.58. The SMILES string of the molecule is C[C@@H]1C[C@H](C)CN(C(=O)[C@@H](C)N2CCC[C@@]3(C2)NC(=O)NC3=O)C1. The van der Waals surface area contributed by atoms with Gasteiger partial charge in [-0.1, -0.05) is 13.8 Å². The average Bonchev–Trinajstić information content (AvgIpc) is 2.78. The molecule has 2 N–H and O–H groups in total. The number of nitrogens with zero attached hydrogens (tertiary/aromatic N) is 2. The Morgan fingerprint density at radius 3 is 2.50 bits per heavy atom. The molecule has 3 aliphatic heterocycles. The predicted molar refractivity (Wildman–Crippen MR) is 89.2 cm³/mol. The van der Waals surface area contributed by atoms with Gasteiger partial charge in [0, 0.05) is 19.6 Å². The fraction of sp³-hybridized carbons (Fsp3) is 0.824. The highest BCUT2D eigenvalue weighted by atomic mass is 16.2. The lowest BCUT2D eigenvalue weighted by Crippen LogP contribution is -2.62. The topological polar surface area (TPSA) is 81.8 Å². The van der Waals surface area contributed by atoms with E-state index in [1.807, 2.05) is 16.7 Å². The Bertz CT molecular complexity index is 542.